The molecule has 1 unspecified atom stereocenters. The number of hydrogen-bond acceptors (Lipinski definition) is 1. The summed E-state index contributed by atoms with van der Waals surface area (Å²) in [6.07, 6.45) is 1.11. The van der Waals surface area contributed by atoms with Crippen molar-refractivity contribution in [2.24, 2.45) is 0 Å². The van der Waals surface area contributed by atoms with Crippen LogP contribution in [-0.2, 0) is 4.43 Å². The first-order valence-corrected chi connectivity index (χ1v) is 7.53. The number of benzene rings is 1. The molecule has 1 nitrogen and oxygen atoms in total. The lowest BCUT2D eigenvalue weighted by atomic mass is 10.2. The molecule has 0 aliphatic rings. The number of rotatable bonds is 4. The van der Waals surface area contributed by atoms with Crippen molar-refractivity contribution in [1.29, 1.82) is 0 Å². The van der Waals surface area contributed by atoms with Gasteiger partial charge in [-0.15, -0.1) is 0 Å². The summed E-state index contributed by atoms with van der Waals surface area (Å²) in [6, 6.07) is 6.74. The zero-order chi connectivity index (χ0) is 10.6. The van der Waals surface area contributed by atoms with Gasteiger partial charge in [-0.2, -0.15) is 0 Å². The zero-order valence-electron chi connectivity index (χ0n) is 9.63. The van der Waals surface area contributed by atoms with E-state index in [0.29, 0.717) is 0 Å². The third-order valence-corrected chi connectivity index (χ3v) is 4.29. The van der Waals surface area contributed by atoms with Crippen LogP contribution in [0.25, 0.3) is 0 Å². The normalized spacial score (nSPS) is 12.9. The Hall–Kier alpha value is -0.603. The Bertz CT molecular complexity index is 276. The summed E-state index contributed by atoms with van der Waals surface area (Å²) in [7, 11) is -1.13. The fourth-order valence-electron chi connectivity index (χ4n) is 1.64. The SMILES string of the molecule is CCCO[SiH](C)c1cc(C)cc(C)c1. The van der Waals surface area contributed by atoms with Gasteiger partial charge in [-0.3, -0.25) is 0 Å². The number of aryl methyl sites for hydroxylation is 2. The molecule has 0 heterocycles. The monoisotopic (exact) mass is 208 g/mol. The number of hydrogen-bond donors (Lipinski definition) is 0. The van der Waals surface area contributed by atoms with Crippen molar-refractivity contribution in [3.8, 4) is 0 Å². The van der Waals surface area contributed by atoms with Crippen molar-refractivity contribution >= 4 is 14.2 Å². The Labute approximate surface area is 88.8 Å². The molecule has 0 aliphatic heterocycles. The average molecular weight is 208 g/mol. The Kier molecular flexibility index (Phi) is 4.36. The summed E-state index contributed by atoms with van der Waals surface area (Å²) in [5.41, 5.74) is 2.69. The lowest BCUT2D eigenvalue weighted by Crippen LogP contribution is -2.30. The minimum Gasteiger partial charge on any atom is -0.416 e. The minimum atomic E-state index is -1.13. The molecule has 1 aromatic rings. The molecule has 0 saturated heterocycles. The molecule has 0 aliphatic carbocycles. The molecule has 0 fully saturated rings. The van der Waals surface area contributed by atoms with Crippen LogP contribution in [-0.4, -0.2) is 15.6 Å². The Balaban J connectivity index is 2.73. The summed E-state index contributed by atoms with van der Waals surface area (Å²) in [4.78, 5) is 0. The molecule has 0 bridgehead atoms. The van der Waals surface area contributed by atoms with Crippen molar-refractivity contribution in [3.05, 3.63) is 29.3 Å². The Morgan fingerprint density at radius 3 is 2.21 bits per heavy atom. The molecule has 0 amide bonds. The van der Waals surface area contributed by atoms with E-state index in [9.17, 15) is 0 Å². The van der Waals surface area contributed by atoms with E-state index < -0.39 is 9.04 Å². The van der Waals surface area contributed by atoms with Gasteiger partial charge in [-0.1, -0.05) is 36.2 Å². The summed E-state index contributed by atoms with van der Waals surface area (Å²) >= 11 is 0. The van der Waals surface area contributed by atoms with Gasteiger partial charge < -0.3 is 4.43 Å². The van der Waals surface area contributed by atoms with E-state index in [1.807, 2.05) is 0 Å². The maximum atomic E-state index is 5.83. The predicted molar refractivity (Wildman–Crippen MR) is 64.8 cm³/mol. The van der Waals surface area contributed by atoms with E-state index in [-0.39, 0.29) is 0 Å². The lowest BCUT2D eigenvalue weighted by Gasteiger charge is -2.12. The smallest absolute Gasteiger partial charge is 0.205 e. The summed E-state index contributed by atoms with van der Waals surface area (Å²) in [6.45, 7) is 9.61. The molecule has 1 aromatic carbocycles. The molecule has 0 N–H and O–H groups in total. The van der Waals surface area contributed by atoms with Crippen LogP contribution in [0.3, 0.4) is 0 Å². The van der Waals surface area contributed by atoms with Gasteiger partial charge in [0.25, 0.3) is 0 Å². The van der Waals surface area contributed by atoms with E-state index >= 15 is 0 Å². The van der Waals surface area contributed by atoms with Gasteiger partial charge in [0.2, 0.25) is 9.04 Å². The van der Waals surface area contributed by atoms with E-state index in [1.54, 1.807) is 0 Å². The summed E-state index contributed by atoms with van der Waals surface area (Å²) in [5.74, 6) is 0. The van der Waals surface area contributed by atoms with Crippen molar-refractivity contribution in [2.45, 2.75) is 33.7 Å². The molecule has 0 radical (unpaired) electrons. The molecule has 0 aromatic heterocycles. The minimum absolute atomic E-state index is 0.903. The molecular weight excluding hydrogens is 188 g/mol. The van der Waals surface area contributed by atoms with E-state index in [2.05, 4.69) is 45.5 Å². The summed E-state index contributed by atoms with van der Waals surface area (Å²) in [5, 5.41) is 1.43. The van der Waals surface area contributed by atoms with Crippen molar-refractivity contribution in [1.82, 2.24) is 0 Å². The van der Waals surface area contributed by atoms with Gasteiger partial charge >= 0.3 is 0 Å². The van der Waals surface area contributed by atoms with Crippen molar-refractivity contribution < 1.29 is 4.43 Å². The standard InChI is InChI=1S/C12H20OSi/c1-5-6-13-14(4)12-8-10(2)7-11(3)9-12/h7-9,14H,5-6H2,1-4H3. The first-order valence-electron chi connectivity index (χ1n) is 5.33. The van der Waals surface area contributed by atoms with Crippen molar-refractivity contribution in [3.63, 3.8) is 0 Å². The van der Waals surface area contributed by atoms with Crippen molar-refractivity contribution in [2.75, 3.05) is 6.61 Å². The van der Waals surface area contributed by atoms with E-state index in [4.69, 9.17) is 4.43 Å². The van der Waals surface area contributed by atoms with Gasteiger partial charge in [-0.25, -0.2) is 0 Å². The Morgan fingerprint density at radius 1 is 1.14 bits per heavy atom. The first kappa shape index (κ1) is 11.5. The van der Waals surface area contributed by atoms with Gasteiger partial charge in [0.1, 0.15) is 0 Å². The van der Waals surface area contributed by atoms with Crippen LogP contribution in [0.1, 0.15) is 24.5 Å². The zero-order valence-corrected chi connectivity index (χ0v) is 10.8. The van der Waals surface area contributed by atoms with Gasteiger partial charge in [0, 0.05) is 6.61 Å². The fraction of sp³-hybridized carbons (Fsp3) is 0.500. The first-order chi connectivity index (χ1) is 6.63. The highest BCUT2D eigenvalue weighted by Gasteiger charge is 2.08. The maximum absolute atomic E-state index is 5.83. The van der Waals surface area contributed by atoms with Gasteiger partial charge in [0.15, 0.2) is 0 Å². The Morgan fingerprint density at radius 2 is 1.71 bits per heavy atom. The third kappa shape index (κ3) is 3.27. The summed E-state index contributed by atoms with van der Waals surface area (Å²) < 4.78 is 5.83. The average Bonchev–Trinajstić information content (AvgIpc) is 2.12. The van der Waals surface area contributed by atoms with Crippen LogP contribution in [0.15, 0.2) is 18.2 Å². The molecule has 78 valence electrons. The molecule has 0 spiro atoms. The van der Waals surface area contributed by atoms with Crippen LogP contribution in [0.4, 0.5) is 0 Å². The molecular formula is C12H20OSi. The second kappa shape index (κ2) is 5.32. The van der Waals surface area contributed by atoms with Gasteiger partial charge in [0.05, 0.1) is 0 Å². The molecule has 14 heavy (non-hydrogen) atoms. The molecule has 0 saturated carbocycles. The van der Waals surface area contributed by atoms with E-state index in [0.717, 1.165) is 13.0 Å². The molecule has 1 rings (SSSR count). The highest BCUT2D eigenvalue weighted by Crippen LogP contribution is 2.02. The second-order valence-corrected chi connectivity index (χ2v) is 6.22. The van der Waals surface area contributed by atoms with Crippen LogP contribution >= 0.6 is 0 Å². The van der Waals surface area contributed by atoms with E-state index in [1.165, 1.54) is 16.3 Å². The topological polar surface area (TPSA) is 9.23 Å². The second-order valence-electron chi connectivity index (χ2n) is 3.93. The third-order valence-electron chi connectivity index (χ3n) is 2.29. The van der Waals surface area contributed by atoms with Crippen LogP contribution in [0, 0.1) is 13.8 Å². The lowest BCUT2D eigenvalue weighted by molar-refractivity contribution is 0.329. The van der Waals surface area contributed by atoms with Gasteiger partial charge in [-0.05, 0) is 32.0 Å². The predicted octanol–water partition coefficient (Wildman–Crippen LogP) is 2.29. The van der Waals surface area contributed by atoms with Crippen LogP contribution in [0.2, 0.25) is 6.55 Å². The highest BCUT2D eigenvalue weighted by molar-refractivity contribution is 6.66. The quantitative estimate of drug-likeness (QED) is 0.690. The molecule has 1 atom stereocenters. The maximum Gasteiger partial charge on any atom is 0.205 e. The molecule has 2 heteroatoms. The fourth-order valence-corrected chi connectivity index (χ4v) is 3.41. The van der Waals surface area contributed by atoms with Crippen LogP contribution < -0.4 is 5.19 Å². The van der Waals surface area contributed by atoms with Crippen LogP contribution in [0.5, 0.6) is 0 Å². The highest BCUT2D eigenvalue weighted by atomic mass is 28.3. The largest absolute Gasteiger partial charge is 0.416 e.